The number of halogens is 1. The number of nitrogens with one attached hydrogen (secondary N) is 1. The first-order valence-corrected chi connectivity index (χ1v) is 6.41. The molecule has 0 bridgehead atoms. The van der Waals surface area contributed by atoms with Gasteiger partial charge in [0.1, 0.15) is 6.26 Å². The molecule has 2 aromatic rings. The zero-order valence-electron chi connectivity index (χ0n) is 12.6. The van der Waals surface area contributed by atoms with E-state index in [9.17, 15) is 4.79 Å². The molecule has 3 N–H and O–H groups in total. The Morgan fingerprint density at radius 2 is 2.00 bits per heavy atom. The van der Waals surface area contributed by atoms with E-state index in [0.29, 0.717) is 11.6 Å². The number of benzene rings is 1. The average molecular weight is 310 g/mol. The molecule has 0 radical (unpaired) electrons. The minimum atomic E-state index is -0.926. The Kier molecular flexibility index (Phi) is 5.15. The summed E-state index contributed by atoms with van der Waals surface area (Å²) in [5.74, 6) is 0.305. The summed E-state index contributed by atoms with van der Waals surface area (Å²) in [6.07, 6.45) is 1.60. The van der Waals surface area contributed by atoms with Crippen molar-refractivity contribution in [2.45, 2.75) is 33.2 Å². The number of nitrogens with two attached hydrogens (primary N) is 1. The van der Waals surface area contributed by atoms with E-state index in [2.05, 4.69) is 10.3 Å². The molecule has 21 heavy (non-hydrogen) atoms. The van der Waals surface area contributed by atoms with Crippen LogP contribution in [-0.4, -0.2) is 16.4 Å². The first-order valence-electron chi connectivity index (χ1n) is 6.41. The molecule has 0 aliphatic rings. The summed E-state index contributed by atoms with van der Waals surface area (Å²) < 4.78 is 5.41. The maximum atomic E-state index is 11.9. The lowest BCUT2D eigenvalue weighted by molar-refractivity contribution is -0.120. The standard InChI is InChI=1S/C15H19N3O2.ClH/c1-9-5-6-11(18-14(19)15(3,4)16)7-12(9)13-17-10(2)8-20-13;/h5-8H,16H2,1-4H3,(H,18,19);1H. The van der Waals surface area contributed by atoms with Crippen molar-refractivity contribution in [3.8, 4) is 11.5 Å². The number of aromatic nitrogens is 1. The second-order valence-electron chi connectivity index (χ2n) is 5.50. The number of carbonyl (C=O) groups excluding carboxylic acids is 1. The van der Waals surface area contributed by atoms with E-state index in [4.69, 9.17) is 10.2 Å². The van der Waals surface area contributed by atoms with Gasteiger partial charge in [-0.2, -0.15) is 0 Å². The lowest BCUT2D eigenvalue weighted by Crippen LogP contribution is -2.45. The summed E-state index contributed by atoms with van der Waals surface area (Å²) in [4.78, 5) is 16.2. The van der Waals surface area contributed by atoms with E-state index in [-0.39, 0.29) is 18.3 Å². The smallest absolute Gasteiger partial charge is 0.243 e. The van der Waals surface area contributed by atoms with Crippen LogP contribution in [0.5, 0.6) is 0 Å². The van der Waals surface area contributed by atoms with Gasteiger partial charge in [0.15, 0.2) is 0 Å². The van der Waals surface area contributed by atoms with E-state index >= 15 is 0 Å². The number of hydrogen-bond acceptors (Lipinski definition) is 4. The molecule has 0 atom stereocenters. The molecule has 0 aliphatic carbocycles. The zero-order valence-corrected chi connectivity index (χ0v) is 13.4. The Labute approximate surface area is 130 Å². The van der Waals surface area contributed by atoms with Crippen LogP contribution >= 0.6 is 12.4 Å². The SMILES string of the molecule is Cc1coc(-c2cc(NC(=O)C(C)(C)N)ccc2C)n1.Cl. The summed E-state index contributed by atoms with van der Waals surface area (Å²) in [5.41, 5.74) is 8.21. The second kappa shape index (κ2) is 6.28. The third-order valence-electron chi connectivity index (χ3n) is 2.93. The van der Waals surface area contributed by atoms with E-state index in [1.165, 1.54) is 0 Å². The van der Waals surface area contributed by atoms with Gasteiger partial charge in [-0.25, -0.2) is 4.98 Å². The lowest BCUT2D eigenvalue weighted by atomic mass is 10.0. The van der Waals surface area contributed by atoms with Crippen LogP contribution in [-0.2, 0) is 4.79 Å². The van der Waals surface area contributed by atoms with Crippen LogP contribution in [0.3, 0.4) is 0 Å². The van der Waals surface area contributed by atoms with Gasteiger partial charge in [0.25, 0.3) is 0 Å². The minimum absolute atomic E-state index is 0. The topological polar surface area (TPSA) is 81.2 Å². The highest BCUT2D eigenvalue weighted by molar-refractivity contribution is 5.97. The summed E-state index contributed by atoms with van der Waals surface area (Å²) in [6, 6.07) is 5.58. The Hall–Kier alpha value is -1.85. The number of anilines is 1. The van der Waals surface area contributed by atoms with Crippen LogP contribution in [0.4, 0.5) is 5.69 Å². The van der Waals surface area contributed by atoms with Gasteiger partial charge in [0, 0.05) is 11.3 Å². The summed E-state index contributed by atoms with van der Waals surface area (Å²) in [5, 5.41) is 2.79. The number of nitrogens with zero attached hydrogens (tertiary/aromatic N) is 1. The zero-order chi connectivity index (χ0) is 14.9. The maximum absolute atomic E-state index is 11.9. The third kappa shape index (κ3) is 4.06. The molecule has 1 amide bonds. The fourth-order valence-electron chi connectivity index (χ4n) is 1.70. The van der Waals surface area contributed by atoms with Gasteiger partial charge in [-0.3, -0.25) is 4.79 Å². The number of amides is 1. The molecule has 0 fully saturated rings. The van der Waals surface area contributed by atoms with Gasteiger partial charge in [-0.1, -0.05) is 6.07 Å². The quantitative estimate of drug-likeness (QED) is 0.913. The molecule has 0 aliphatic heterocycles. The van der Waals surface area contributed by atoms with Crippen molar-refractivity contribution in [2.24, 2.45) is 5.73 Å². The number of aryl methyl sites for hydroxylation is 2. The predicted molar refractivity (Wildman–Crippen MR) is 85.6 cm³/mol. The molecule has 0 saturated heterocycles. The minimum Gasteiger partial charge on any atom is -0.444 e. The first-order chi connectivity index (χ1) is 9.27. The average Bonchev–Trinajstić information content (AvgIpc) is 2.77. The number of oxazole rings is 1. The van der Waals surface area contributed by atoms with Crippen LogP contribution in [0.1, 0.15) is 25.1 Å². The van der Waals surface area contributed by atoms with Crippen molar-refractivity contribution >= 4 is 24.0 Å². The van der Waals surface area contributed by atoms with Gasteiger partial charge in [-0.05, 0) is 45.4 Å². The maximum Gasteiger partial charge on any atom is 0.243 e. The van der Waals surface area contributed by atoms with Crippen molar-refractivity contribution < 1.29 is 9.21 Å². The molecule has 5 nitrogen and oxygen atoms in total. The Morgan fingerprint density at radius 3 is 2.52 bits per heavy atom. The molecule has 1 aromatic carbocycles. The number of rotatable bonds is 3. The molecule has 114 valence electrons. The van der Waals surface area contributed by atoms with Gasteiger partial charge in [0.05, 0.1) is 11.2 Å². The normalized spacial score (nSPS) is 10.9. The summed E-state index contributed by atoms with van der Waals surface area (Å²) >= 11 is 0. The van der Waals surface area contributed by atoms with Crippen molar-refractivity contribution in [2.75, 3.05) is 5.32 Å². The number of carbonyl (C=O) groups is 1. The van der Waals surface area contributed by atoms with E-state index in [1.807, 2.05) is 32.0 Å². The second-order valence-corrected chi connectivity index (χ2v) is 5.50. The van der Waals surface area contributed by atoms with Crippen molar-refractivity contribution in [1.29, 1.82) is 0 Å². The fourth-order valence-corrected chi connectivity index (χ4v) is 1.70. The third-order valence-corrected chi connectivity index (χ3v) is 2.93. The van der Waals surface area contributed by atoms with Crippen LogP contribution in [0.15, 0.2) is 28.9 Å². The number of hydrogen-bond donors (Lipinski definition) is 2. The van der Waals surface area contributed by atoms with E-state index in [1.54, 1.807) is 20.1 Å². The Bertz CT molecular complexity index is 645. The lowest BCUT2D eigenvalue weighted by Gasteiger charge is -2.18. The molecular weight excluding hydrogens is 290 g/mol. The molecule has 1 aromatic heterocycles. The Balaban J connectivity index is 0.00000220. The molecule has 1 heterocycles. The molecule has 0 unspecified atom stereocenters. The monoisotopic (exact) mass is 309 g/mol. The first kappa shape index (κ1) is 17.2. The van der Waals surface area contributed by atoms with Crippen molar-refractivity contribution in [3.63, 3.8) is 0 Å². The van der Waals surface area contributed by atoms with E-state index < -0.39 is 5.54 Å². The molecular formula is C15H20ClN3O2. The van der Waals surface area contributed by atoms with Crippen LogP contribution in [0, 0.1) is 13.8 Å². The predicted octanol–water partition coefficient (Wildman–Crippen LogP) is 3.06. The van der Waals surface area contributed by atoms with Gasteiger partial charge in [-0.15, -0.1) is 12.4 Å². The summed E-state index contributed by atoms with van der Waals surface area (Å²) in [6.45, 7) is 7.15. The van der Waals surface area contributed by atoms with Crippen LogP contribution in [0.2, 0.25) is 0 Å². The van der Waals surface area contributed by atoms with Crippen LogP contribution in [0.25, 0.3) is 11.5 Å². The van der Waals surface area contributed by atoms with E-state index in [0.717, 1.165) is 16.8 Å². The fraction of sp³-hybridized carbons (Fsp3) is 0.333. The van der Waals surface area contributed by atoms with Crippen molar-refractivity contribution in [1.82, 2.24) is 4.98 Å². The van der Waals surface area contributed by atoms with Gasteiger partial charge in [0.2, 0.25) is 11.8 Å². The van der Waals surface area contributed by atoms with Gasteiger partial charge >= 0.3 is 0 Å². The molecule has 2 rings (SSSR count). The largest absolute Gasteiger partial charge is 0.444 e. The Morgan fingerprint density at radius 1 is 1.33 bits per heavy atom. The highest BCUT2D eigenvalue weighted by Gasteiger charge is 2.22. The molecule has 6 heteroatoms. The van der Waals surface area contributed by atoms with Crippen molar-refractivity contribution in [3.05, 3.63) is 35.7 Å². The summed E-state index contributed by atoms with van der Waals surface area (Å²) in [7, 11) is 0. The van der Waals surface area contributed by atoms with Gasteiger partial charge < -0.3 is 15.5 Å². The highest BCUT2D eigenvalue weighted by atomic mass is 35.5. The van der Waals surface area contributed by atoms with Crippen LogP contribution < -0.4 is 11.1 Å². The highest BCUT2D eigenvalue weighted by Crippen LogP contribution is 2.26. The molecule has 0 spiro atoms. The molecule has 0 saturated carbocycles.